The van der Waals surface area contributed by atoms with E-state index < -0.39 is 0 Å². The molecule has 1 aliphatic heterocycles. The Morgan fingerprint density at radius 1 is 0.886 bits per heavy atom. The Morgan fingerprint density at radius 2 is 1.74 bits per heavy atom. The van der Waals surface area contributed by atoms with Crippen LogP contribution in [0.5, 0.6) is 0 Å². The molecule has 2 radical (unpaired) electrons. The van der Waals surface area contributed by atoms with Gasteiger partial charge in [-0.3, -0.25) is 9.88 Å². The first kappa shape index (κ1) is 21.6. The molecule has 5 aromatic rings. The minimum Gasteiger partial charge on any atom is -0.368 e. The fourth-order valence-corrected chi connectivity index (χ4v) is 4.67. The first-order valence-corrected chi connectivity index (χ1v) is 11.8. The van der Waals surface area contributed by atoms with Crippen molar-refractivity contribution in [3.63, 3.8) is 0 Å². The quantitative estimate of drug-likeness (QED) is 0.392. The highest BCUT2D eigenvalue weighted by molar-refractivity contribution is 6.37. The molecule has 0 spiro atoms. The van der Waals surface area contributed by atoms with Gasteiger partial charge in [0.05, 0.1) is 12.0 Å². The lowest BCUT2D eigenvalue weighted by Crippen LogP contribution is -2.47. The third kappa shape index (κ3) is 4.55. The lowest BCUT2D eigenvalue weighted by atomic mass is 9.95. The molecule has 0 unspecified atom stereocenters. The second-order valence-electron chi connectivity index (χ2n) is 8.90. The third-order valence-electron chi connectivity index (χ3n) is 6.49. The molecule has 1 aromatic carbocycles. The highest BCUT2D eigenvalue weighted by Gasteiger charge is 2.22. The van der Waals surface area contributed by atoms with Crippen molar-refractivity contribution >= 4 is 30.2 Å². The predicted octanol–water partition coefficient (Wildman–Crippen LogP) is 2.38. The number of benzene rings is 1. The summed E-state index contributed by atoms with van der Waals surface area (Å²) in [6.07, 6.45) is 11.0. The summed E-state index contributed by atoms with van der Waals surface area (Å²) < 4.78 is 2.05. The Hall–Kier alpha value is -3.98. The molecule has 0 saturated carbocycles. The third-order valence-corrected chi connectivity index (χ3v) is 6.49. The standard InChI is InChI=1S/C26H25BN8/c27-22-15-30-26-23(24(22)35-12-10-33(11-13-35)17-20-2-1-7-28-14-20)31-25(32-26)21-5-3-19(4-6-21)16-34-9-8-29-18-34/h1-9,14-15,18H,10-13,16-17H2,(H,30,31,32). The maximum absolute atomic E-state index is 6.43. The molecular weight excluding hydrogens is 435 g/mol. The molecule has 1 N–H and O–H groups in total. The number of nitrogens with zero attached hydrogens (tertiary/aromatic N) is 7. The van der Waals surface area contributed by atoms with Gasteiger partial charge in [0.2, 0.25) is 0 Å². The number of aromatic nitrogens is 6. The molecule has 172 valence electrons. The van der Waals surface area contributed by atoms with Gasteiger partial charge in [0, 0.05) is 75.8 Å². The molecule has 0 aliphatic carbocycles. The van der Waals surface area contributed by atoms with Crippen LogP contribution in [-0.2, 0) is 13.1 Å². The topological polar surface area (TPSA) is 78.8 Å². The van der Waals surface area contributed by atoms with Crippen LogP contribution in [0.15, 0.2) is 73.7 Å². The van der Waals surface area contributed by atoms with Gasteiger partial charge < -0.3 is 14.5 Å². The number of imidazole rings is 2. The van der Waals surface area contributed by atoms with Gasteiger partial charge >= 0.3 is 0 Å². The molecule has 5 heterocycles. The molecule has 1 saturated heterocycles. The van der Waals surface area contributed by atoms with Crippen molar-refractivity contribution < 1.29 is 0 Å². The second-order valence-corrected chi connectivity index (χ2v) is 8.90. The highest BCUT2D eigenvalue weighted by Crippen LogP contribution is 2.27. The van der Waals surface area contributed by atoms with E-state index in [2.05, 4.69) is 60.1 Å². The van der Waals surface area contributed by atoms with Crippen LogP contribution < -0.4 is 10.4 Å². The molecule has 0 bridgehead atoms. The molecule has 9 heteroatoms. The molecule has 6 rings (SSSR count). The number of aromatic amines is 1. The SMILES string of the molecule is [B]c1cnc2nc(-c3ccc(Cn4ccnc4)cc3)[nH]c2c1N1CCN(Cc2cccnc2)CC1. The van der Waals surface area contributed by atoms with E-state index in [4.69, 9.17) is 12.8 Å². The van der Waals surface area contributed by atoms with E-state index in [1.165, 1.54) is 11.1 Å². The number of hydrogen-bond donors (Lipinski definition) is 1. The normalized spacial score (nSPS) is 14.6. The van der Waals surface area contributed by atoms with Crippen LogP contribution in [0.2, 0.25) is 0 Å². The van der Waals surface area contributed by atoms with Gasteiger partial charge in [0.15, 0.2) is 5.65 Å². The van der Waals surface area contributed by atoms with Gasteiger partial charge in [-0.15, -0.1) is 0 Å². The number of fused-ring (bicyclic) bond motifs is 1. The van der Waals surface area contributed by atoms with Gasteiger partial charge in [-0.2, -0.15) is 0 Å². The molecule has 8 nitrogen and oxygen atoms in total. The summed E-state index contributed by atoms with van der Waals surface area (Å²) in [6.45, 7) is 5.39. The zero-order chi connectivity index (χ0) is 23.6. The van der Waals surface area contributed by atoms with Gasteiger partial charge in [-0.05, 0) is 17.2 Å². The van der Waals surface area contributed by atoms with E-state index in [9.17, 15) is 0 Å². The minimum absolute atomic E-state index is 0.670. The average Bonchev–Trinajstić information content (AvgIpc) is 3.56. The zero-order valence-electron chi connectivity index (χ0n) is 19.4. The summed E-state index contributed by atoms with van der Waals surface area (Å²) in [4.78, 5) is 25.9. The Balaban J connectivity index is 1.21. The van der Waals surface area contributed by atoms with E-state index in [0.29, 0.717) is 11.1 Å². The number of rotatable bonds is 6. The maximum atomic E-state index is 6.43. The first-order valence-electron chi connectivity index (χ1n) is 11.8. The van der Waals surface area contributed by atoms with Gasteiger partial charge in [0.1, 0.15) is 19.2 Å². The fourth-order valence-electron chi connectivity index (χ4n) is 4.67. The Kier molecular flexibility index (Phi) is 5.75. The largest absolute Gasteiger partial charge is 0.368 e. The van der Waals surface area contributed by atoms with Crippen molar-refractivity contribution in [3.8, 4) is 11.4 Å². The molecule has 1 fully saturated rings. The van der Waals surface area contributed by atoms with Crippen LogP contribution in [-0.4, -0.2) is 68.4 Å². The van der Waals surface area contributed by atoms with E-state index in [-0.39, 0.29) is 0 Å². The molecule has 0 amide bonds. The van der Waals surface area contributed by atoms with Crippen molar-refractivity contribution in [1.29, 1.82) is 0 Å². The van der Waals surface area contributed by atoms with Crippen LogP contribution in [0.1, 0.15) is 11.1 Å². The van der Waals surface area contributed by atoms with Crippen LogP contribution in [0.3, 0.4) is 0 Å². The zero-order valence-corrected chi connectivity index (χ0v) is 19.4. The summed E-state index contributed by atoms with van der Waals surface area (Å²) in [5.74, 6) is 0.795. The molecule has 1 aliphatic rings. The summed E-state index contributed by atoms with van der Waals surface area (Å²) in [7, 11) is 6.43. The lowest BCUT2D eigenvalue weighted by molar-refractivity contribution is 0.250. The number of nitrogens with one attached hydrogen (secondary N) is 1. The van der Waals surface area contributed by atoms with Crippen LogP contribution in [0.4, 0.5) is 5.69 Å². The van der Waals surface area contributed by atoms with Crippen LogP contribution in [0.25, 0.3) is 22.6 Å². The molecular formula is C26H25BN8. The van der Waals surface area contributed by atoms with E-state index >= 15 is 0 Å². The van der Waals surface area contributed by atoms with Crippen LogP contribution in [0, 0.1) is 0 Å². The minimum atomic E-state index is 0.670. The number of pyridine rings is 2. The Morgan fingerprint density at radius 3 is 2.49 bits per heavy atom. The number of hydrogen-bond acceptors (Lipinski definition) is 6. The second kappa shape index (κ2) is 9.35. The van der Waals surface area contributed by atoms with Gasteiger partial charge in [0.25, 0.3) is 0 Å². The van der Waals surface area contributed by atoms with Gasteiger partial charge in [-0.25, -0.2) is 15.0 Å². The molecule has 35 heavy (non-hydrogen) atoms. The predicted molar refractivity (Wildman–Crippen MR) is 138 cm³/mol. The number of H-pyrrole nitrogens is 1. The van der Waals surface area contributed by atoms with E-state index in [0.717, 1.165) is 61.9 Å². The maximum Gasteiger partial charge on any atom is 0.180 e. The van der Waals surface area contributed by atoms with E-state index in [1.54, 1.807) is 12.4 Å². The van der Waals surface area contributed by atoms with E-state index in [1.807, 2.05) is 35.6 Å². The van der Waals surface area contributed by atoms with Gasteiger partial charge in [-0.1, -0.05) is 35.8 Å². The summed E-state index contributed by atoms with van der Waals surface area (Å²) in [5.41, 5.74) is 6.70. The van der Waals surface area contributed by atoms with Crippen LogP contribution >= 0.6 is 0 Å². The average molecular weight is 460 g/mol. The van der Waals surface area contributed by atoms with Crippen molar-refractivity contribution in [1.82, 2.24) is 34.4 Å². The Bertz CT molecular complexity index is 1410. The first-order chi connectivity index (χ1) is 17.2. The van der Waals surface area contributed by atoms with Crippen molar-refractivity contribution in [2.75, 3.05) is 31.1 Å². The Labute approximate surface area is 205 Å². The fraction of sp³-hybridized carbons (Fsp3) is 0.231. The van der Waals surface area contributed by atoms with Crippen molar-refractivity contribution in [2.24, 2.45) is 0 Å². The summed E-state index contributed by atoms with van der Waals surface area (Å²) in [5, 5.41) is 0. The highest BCUT2D eigenvalue weighted by atomic mass is 15.3. The molecule has 0 atom stereocenters. The number of anilines is 1. The molecule has 4 aromatic heterocycles. The monoisotopic (exact) mass is 460 g/mol. The smallest absolute Gasteiger partial charge is 0.180 e. The lowest BCUT2D eigenvalue weighted by Gasteiger charge is -2.37. The van der Waals surface area contributed by atoms with Crippen molar-refractivity contribution in [3.05, 3.63) is 84.8 Å². The number of piperazine rings is 1. The summed E-state index contributed by atoms with van der Waals surface area (Å²) >= 11 is 0. The summed E-state index contributed by atoms with van der Waals surface area (Å²) in [6, 6.07) is 12.5. The van der Waals surface area contributed by atoms with Crippen molar-refractivity contribution in [2.45, 2.75) is 13.1 Å².